The second kappa shape index (κ2) is 5.04. The summed E-state index contributed by atoms with van der Waals surface area (Å²) in [7, 11) is 0. The van der Waals surface area contributed by atoms with Crippen LogP contribution in [0.3, 0.4) is 0 Å². The van der Waals surface area contributed by atoms with Gasteiger partial charge in [-0.15, -0.1) is 0 Å². The highest BCUT2D eigenvalue weighted by molar-refractivity contribution is 5.54. The molecule has 0 aliphatic rings. The Morgan fingerprint density at radius 2 is 1.53 bits per heavy atom. The zero-order chi connectivity index (χ0) is 13.1. The minimum absolute atomic E-state index is 0.286. The van der Waals surface area contributed by atoms with Crippen molar-refractivity contribution in [3.63, 3.8) is 0 Å². The maximum Gasteiger partial charge on any atom is 0.181 e. The summed E-state index contributed by atoms with van der Waals surface area (Å²) in [6.07, 6.45) is 0. The number of nitrogens with two attached hydrogens (primary N) is 1. The van der Waals surface area contributed by atoms with E-state index in [0.717, 1.165) is 11.1 Å². The molecule has 0 fully saturated rings. The average molecular weight is 250 g/mol. The monoisotopic (exact) mass is 250 g/mol. The van der Waals surface area contributed by atoms with E-state index < -0.39 is 0 Å². The van der Waals surface area contributed by atoms with Crippen LogP contribution in [0.5, 0.6) is 0 Å². The van der Waals surface area contributed by atoms with Crippen molar-refractivity contribution in [2.75, 3.05) is 0 Å². The number of rotatable bonds is 3. The van der Waals surface area contributed by atoms with E-state index in [2.05, 4.69) is 15.2 Å². The van der Waals surface area contributed by atoms with E-state index in [4.69, 9.17) is 5.73 Å². The summed E-state index contributed by atoms with van der Waals surface area (Å²) in [6.45, 7) is 0. The van der Waals surface area contributed by atoms with Crippen LogP contribution in [0.1, 0.15) is 17.4 Å². The van der Waals surface area contributed by atoms with E-state index >= 15 is 0 Å². The minimum atomic E-state index is -0.286. The molecule has 3 aromatic rings. The molecule has 0 saturated heterocycles. The third kappa shape index (κ3) is 2.39. The first-order valence-electron chi connectivity index (χ1n) is 6.13. The number of H-pyrrole nitrogens is 1. The Morgan fingerprint density at radius 1 is 0.895 bits per heavy atom. The van der Waals surface area contributed by atoms with E-state index in [1.54, 1.807) is 0 Å². The molecule has 0 spiro atoms. The molecule has 1 aromatic heterocycles. The van der Waals surface area contributed by atoms with Crippen LogP contribution in [0, 0.1) is 0 Å². The second-order valence-corrected chi connectivity index (χ2v) is 4.30. The van der Waals surface area contributed by atoms with Crippen molar-refractivity contribution < 1.29 is 0 Å². The molecule has 4 heteroatoms. The molecule has 3 rings (SSSR count). The van der Waals surface area contributed by atoms with Gasteiger partial charge >= 0.3 is 0 Å². The maximum atomic E-state index is 6.17. The quantitative estimate of drug-likeness (QED) is 0.750. The molecule has 0 saturated carbocycles. The van der Waals surface area contributed by atoms with Crippen molar-refractivity contribution in [2.45, 2.75) is 6.04 Å². The summed E-state index contributed by atoms with van der Waals surface area (Å²) in [6, 6.07) is 19.4. The van der Waals surface area contributed by atoms with Gasteiger partial charge in [-0.1, -0.05) is 60.7 Å². The molecular formula is C15H14N4. The minimum Gasteiger partial charge on any atom is -0.318 e. The summed E-state index contributed by atoms with van der Waals surface area (Å²) < 4.78 is 0. The Kier molecular flexibility index (Phi) is 3.08. The Hall–Kier alpha value is -2.46. The Bertz CT molecular complexity index is 646. The Labute approximate surface area is 111 Å². The van der Waals surface area contributed by atoms with Gasteiger partial charge in [0.25, 0.3) is 0 Å². The second-order valence-electron chi connectivity index (χ2n) is 4.30. The summed E-state index contributed by atoms with van der Waals surface area (Å²) in [4.78, 5) is 4.47. The lowest BCUT2D eigenvalue weighted by Gasteiger charge is -2.07. The number of hydrogen-bond donors (Lipinski definition) is 2. The van der Waals surface area contributed by atoms with E-state index in [-0.39, 0.29) is 6.04 Å². The largest absolute Gasteiger partial charge is 0.318 e. The van der Waals surface area contributed by atoms with Gasteiger partial charge in [-0.25, -0.2) is 4.98 Å². The van der Waals surface area contributed by atoms with Gasteiger partial charge < -0.3 is 5.73 Å². The predicted octanol–water partition coefficient (Wildman–Crippen LogP) is 2.52. The predicted molar refractivity (Wildman–Crippen MR) is 74.3 cm³/mol. The number of aromatic nitrogens is 3. The molecule has 0 amide bonds. The summed E-state index contributed by atoms with van der Waals surface area (Å²) >= 11 is 0. The van der Waals surface area contributed by atoms with Crippen molar-refractivity contribution in [1.82, 2.24) is 15.2 Å². The van der Waals surface area contributed by atoms with Crippen molar-refractivity contribution in [2.24, 2.45) is 5.73 Å². The molecule has 4 nitrogen and oxygen atoms in total. The molecular weight excluding hydrogens is 236 g/mol. The molecule has 0 radical (unpaired) electrons. The lowest BCUT2D eigenvalue weighted by molar-refractivity contribution is 0.787. The molecule has 1 heterocycles. The average Bonchev–Trinajstić information content (AvgIpc) is 2.98. The smallest absolute Gasteiger partial charge is 0.181 e. The topological polar surface area (TPSA) is 67.6 Å². The fourth-order valence-electron chi connectivity index (χ4n) is 1.95. The highest BCUT2D eigenvalue weighted by Gasteiger charge is 2.14. The van der Waals surface area contributed by atoms with Gasteiger partial charge in [-0.05, 0) is 5.56 Å². The zero-order valence-electron chi connectivity index (χ0n) is 10.3. The maximum absolute atomic E-state index is 6.17. The molecule has 1 unspecified atom stereocenters. The van der Waals surface area contributed by atoms with Crippen molar-refractivity contribution in [3.8, 4) is 11.4 Å². The normalized spacial score (nSPS) is 12.3. The van der Waals surface area contributed by atoms with E-state index in [1.165, 1.54) is 0 Å². The number of hydrogen-bond acceptors (Lipinski definition) is 3. The van der Waals surface area contributed by atoms with E-state index in [9.17, 15) is 0 Å². The molecule has 0 aliphatic carbocycles. The lowest BCUT2D eigenvalue weighted by atomic mass is 10.1. The molecule has 2 aromatic carbocycles. The van der Waals surface area contributed by atoms with Crippen molar-refractivity contribution in [3.05, 3.63) is 72.1 Å². The first kappa shape index (κ1) is 11.6. The van der Waals surface area contributed by atoms with Gasteiger partial charge in [0.15, 0.2) is 5.82 Å². The van der Waals surface area contributed by atoms with Crippen LogP contribution in [0.25, 0.3) is 11.4 Å². The number of benzene rings is 2. The third-order valence-electron chi connectivity index (χ3n) is 2.99. The molecule has 0 bridgehead atoms. The zero-order valence-corrected chi connectivity index (χ0v) is 10.3. The Morgan fingerprint density at radius 3 is 2.21 bits per heavy atom. The number of nitrogens with zero attached hydrogens (tertiary/aromatic N) is 2. The third-order valence-corrected chi connectivity index (χ3v) is 2.99. The summed E-state index contributed by atoms with van der Waals surface area (Å²) in [5.74, 6) is 1.34. The van der Waals surface area contributed by atoms with Crippen molar-refractivity contribution in [1.29, 1.82) is 0 Å². The van der Waals surface area contributed by atoms with E-state index in [0.29, 0.717) is 11.6 Å². The number of nitrogens with one attached hydrogen (secondary N) is 1. The van der Waals surface area contributed by atoms with Crippen LogP contribution in [0.15, 0.2) is 60.7 Å². The van der Waals surface area contributed by atoms with Crippen LogP contribution in [-0.4, -0.2) is 15.2 Å². The van der Waals surface area contributed by atoms with Gasteiger partial charge in [0.1, 0.15) is 5.82 Å². The van der Waals surface area contributed by atoms with Gasteiger partial charge in [0, 0.05) is 5.56 Å². The van der Waals surface area contributed by atoms with Crippen LogP contribution in [-0.2, 0) is 0 Å². The Balaban J connectivity index is 1.90. The summed E-state index contributed by atoms with van der Waals surface area (Å²) in [5, 5.41) is 7.13. The lowest BCUT2D eigenvalue weighted by Crippen LogP contribution is -2.13. The first-order chi connectivity index (χ1) is 9.34. The van der Waals surface area contributed by atoms with Gasteiger partial charge in [0.2, 0.25) is 0 Å². The van der Waals surface area contributed by atoms with Gasteiger partial charge in [0.05, 0.1) is 6.04 Å². The fourth-order valence-corrected chi connectivity index (χ4v) is 1.95. The van der Waals surface area contributed by atoms with Crippen LogP contribution in [0.4, 0.5) is 0 Å². The van der Waals surface area contributed by atoms with Gasteiger partial charge in [-0.3, -0.25) is 5.10 Å². The first-order valence-corrected chi connectivity index (χ1v) is 6.13. The summed E-state index contributed by atoms with van der Waals surface area (Å²) in [5.41, 5.74) is 8.16. The number of aromatic amines is 1. The molecule has 3 N–H and O–H groups in total. The standard InChI is InChI=1S/C15H14N4/c16-13(11-7-3-1-4-8-11)15-17-14(18-19-15)12-9-5-2-6-10-12/h1-10,13H,16H2,(H,17,18,19). The van der Waals surface area contributed by atoms with Crippen LogP contribution >= 0.6 is 0 Å². The molecule has 1 atom stereocenters. The molecule has 94 valence electrons. The van der Waals surface area contributed by atoms with Crippen molar-refractivity contribution >= 4 is 0 Å². The molecule has 19 heavy (non-hydrogen) atoms. The van der Waals surface area contributed by atoms with Crippen LogP contribution < -0.4 is 5.73 Å². The highest BCUT2D eigenvalue weighted by atomic mass is 15.2. The fraction of sp³-hybridized carbons (Fsp3) is 0.0667. The van der Waals surface area contributed by atoms with E-state index in [1.807, 2.05) is 60.7 Å². The SMILES string of the molecule is NC(c1ccccc1)c1nc(-c2ccccc2)n[nH]1. The van der Waals surface area contributed by atoms with Gasteiger partial charge in [-0.2, -0.15) is 5.10 Å². The highest BCUT2D eigenvalue weighted by Crippen LogP contribution is 2.19. The van der Waals surface area contributed by atoms with Crippen LogP contribution in [0.2, 0.25) is 0 Å². The molecule has 0 aliphatic heterocycles.